The van der Waals surface area contributed by atoms with Crippen molar-refractivity contribution < 1.29 is 14.6 Å². The zero-order chi connectivity index (χ0) is 12.3. The summed E-state index contributed by atoms with van der Waals surface area (Å²) in [6.45, 7) is 1.51. The molecule has 1 heterocycles. The molecule has 1 N–H and O–H groups in total. The zero-order valence-corrected chi connectivity index (χ0v) is 10.1. The van der Waals surface area contributed by atoms with Crippen molar-refractivity contribution in [3.8, 4) is 0 Å². The van der Waals surface area contributed by atoms with Crippen LogP contribution in [0, 0.1) is 0 Å². The van der Waals surface area contributed by atoms with E-state index in [1.807, 2.05) is 24.3 Å². The Morgan fingerprint density at radius 2 is 2.18 bits per heavy atom. The highest BCUT2D eigenvalue weighted by Gasteiger charge is 2.26. The Hall–Kier alpha value is -1.26. The summed E-state index contributed by atoms with van der Waals surface area (Å²) in [5, 5.41) is 9.50. The third-order valence-corrected chi connectivity index (χ3v) is 3.07. The van der Waals surface area contributed by atoms with Gasteiger partial charge in [0.15, 0.2) is 0 Å². The van der Waals surface area contributed by atoms with Crippen LogP contribution in [0.4, 0.5) is 4.79 Å². The third-order valence-electron chi connectivity index (χ3n) is 2.81. The first-order chi connectivity index (χ1) is 8.15. The van der Waals surface area contributed by atoms with Crippen molar-refractivity contribution in [1.82, 2.24) is 4.90 Å². The standard InChI is InChI=1S/C12H14ClNO3/c13-10-3-1-9(2-4-10)8-17-11-5-6-14(7-11)12(15)16/h1-4,11H,5-8H2,(H,15,16)/t11-/m0/s1. The monoisotopic (exact) mass is 255 g/mol. The number of benzene rings is 1. The average Bonchev–Trinajstić information content (AvgIpc) is 2.77. The van der Waals surface area contributed by atoms with Gasteiger partial charge in [0.2, 0.25) is 0 Å². The summed E-state index contributed by atoms with van der Waals surface area (Å²) >= 11 is 5.78. The SMILES string of the molecule is O=C(O)N1CC[C@H](OCc2ccc(Cl)cc2)C1. The lowest BCUT2D eigenvalue weighted by molar-refractivity contribution is 0.0466. The van der Waals surface area contributed by atoms with E-state index in [0.717, 1.165) is 12.0 Å². The number of ether oxygens (including phenoxy) is 1. The van der Waals surface area contributed by atoms with E-state index in [4.69, 9.17) is 21.4 Å². The first kappa shape index (κ1) is 12.2. The van der Waals surface area contributed by atoms with Gasteiger partial charge in [-0.2, -0.15) is 0 Å². The Morgan fingerprint density at radius 3 is 2.76 bits per heavy atom. The van der Waals surface area contributed by atoms with Crippen molar-refractivity contribution >= 4 is 17.7 Å². The van der Waals surface area contributed by atoms with Crippen LogP contribution in [0.25, 0.3) is 0 Å². The molecule has 0 saturated carbocycles. The molecule has 1 aromatic carbocycles. The summed E-state index contributed by atoms with van der Waals surface area (Å²) in [4.78, 5) is 12.1. The summed E-state index contributed by atoms with van der Waals surface area (Å²) < 4.78 is 5.66. The highest BCUT2D eigenvalue weighted by molar-refractivity contribution is 6.30. The summed E-state index contributed by atoms with van der Waals surface area (Å²) in [6.07, 6.45) is -0.107. The van der Waals surface area contributed by atoms with Gasteiger partial charge in [0.05, 0.1) is 19.3 Å². The number of hydrogen-bond acceptors (Lipinski definition) is 2. The van der Waals surface area contributed by atoms with Gasteiger partial charge in [0, 0.05) is 11.6 Å². The van der Waals surface area contributed by atoms with Gasteiger partial charge >= 0.3 is 6.09 Å². The highest BCUT2D eigenvalue weighted by Crippen LogP contribution is 2.16. The van der Waals surface area contributed by atoms with Gasteiger partial charge in [-0.3, -0.25) is 0 Å². The van der Waals surface area contributed by atoms with Gasteiger partial charge in [-0.1, -0.05) is 23.7 Å². The zero-order valence-electron chi connectivity index (χ0n) is 9.30. The van der Waals surface area contributed by atoms with Crippen LogP contribution in [0.3, 0.4) is 0 Å². The van der Waals surface area contributed by atoms with Crippen LogP contribution in [0.1, 0.15) is 12.0 Å². The molecular weight excluding hydrogens is 242 g/mol. The van der Waals surface area contributed by atoms with Crippen LogP contribution < -0.4 is 0 Å². The van der Waals surface area contributed by atoms with Crippen molar-refractivity contribution in [3.05, 3.63) is 34.9 Å². The fraction of sp³-hybridized carbons (Fsp3) is 0.417. The fourth-order valence-corrected chi connectivity index (χ4v) is 1.96. The minimum Gasteiger partial charge on any atom is -0.465 e. The van der Waals surface area contributed by atoms with Gasteiger partial charge in [-0.25, -0.2) is 4.79 Å². The Bertz CT molecular complexity index is 393. The van der Waals surface area contributed by atoms with Crippen molar-refractivity contribution in [2.75, 3.05) is 13.1 Å². The molecule has 0 unspecified atom stereocenters. The van der Waals surface area contributed by atoms with Crippen LogP contribution >= 0.6 is 11.6 Å². The van der Waals surface area contributed by atoms with Crippen LogP contribution in [-0.2, 0) is 11.3 Å². The molecule has 92 valence electrons. The van der Waals surface area contributed by atoms with E-state index in [1.165, 1.54) is 4.90 Å². The second-order valence-electron chi connectivity index (χ2n) is 4.08. The van der Waals surface area contributed by atoms with E-state index in [1.54, 1.807) is 0 Å². The summed E-state index contributed by atoms with van der Waals surface area (Å²) in [5.41, 5.74) is 1.04. The van der Waals surface area contributed by atoms with Crippen LogP contribution in [0.2, 0.25) is 5.02 Å². The number of hydrogen-bond donors (Lipinski definition) is 1. The van der Waals surface area contributed by atoms with E-state index in [2.05, 4.69) is 0 Å². The van der Waals surface area contributed by atoms with Crippen LogP contribution in [0.15, 0.2) is 24.3 Å². The molecule has 4 nitrogen and oxygen atoms in total. The van der Waals surface area contributed by atoms with Gasteiger partial charge in [-0.05, 0) is 24.1 Å². The van der Waals surface area contributed by atoms with Crippen molar-refractivity contribution in [1.29, 1.82) is 0 Å². The third kappa shape index (κ3) is 3.35. The predicted octanol–water partition coefficient (Wildman–Crippen LogP) is 2.61. The van der Waals surface area contributed by atoms with E-state index < -0.39 is 6.09 Å². The minimum atomic E-state index is -0.873. The van der Waals surface area contributed by atoms with E-state index in [9.17, 15) is 4.79 Å². The first-order valence-electron chi connectivity index (χ1n) is 5.49. The normalized spacial score (nSPS) is 19.6. The molecule has 5 heteroatoms. The number of likely N-dealkylation sites (tertiary alicyclic amines) is 1. The van der Waals surface area contributed by atoms with Crippen LogP contribution in [0.5, 0.6) is 0 Å². The lowest BCUT2D eigenvalue weighted by atomic mass is 10.2. The smallest absolute Gasteiger partial charge is 0.407 e. The van der Waals surface area contributed by atoms with E-state index in [0.29, 0.717) is 24.7 Å². The van der Waals surface area contributed by atoms with Gasteiger partial charge < -0.3 is 14.7 Å². The van der Waals surface area contributed by atoms with Gasteiger partial charge in [0.25, 0.3) is 0 Å². The van der Waals surface area contributed by atoms with Gasteiger partial charge in [0.1, 0.15) is 0 Å². The molecule has 1 aliphatic heterocycles. The molecule has 0 bridgehead atoms. The maximum absolute atomic E-state index is 10.7. The second kappa shape index (κ2) is 5.38. The first-order valence-corrected chi connectivity index (χ1v) is 5.87. The largest absolute Gasteiger partial charge is 0.465 e. The van der Waals surface area contributed by atoms with E-state index >= 15 is 0 Å². The summed E-state index contributed by atoms with van der Waals surface area (Å²) in [6, 6.07) is 7.45. The number of amides is 1. The molecule has 0 aliphatic carbocycles. The van der Waals surface area contributed by atoms with Crippen molar-refractivity contribution in [3.63, 3.8) is 0 Å². The molecule has 2 rings (SSSR count). The number of rotatable bonds is 3. The molecular formula is C12H14ClNO3. The number of halogens is 1. The maximum atomic E-state index is 10.7. The van der Waals surface area contributed by atoms with Gasteiger partial charge in [-0.15, -0.1) is 0 Å². The molecule has 1 aliphatic rings. The highest BCUT2D eigenvalue weighted by atomic mass is 35.5. The van der Waals surface area contributed by atoms with Crippen molar-refractivity contribution in [2.45, 2.75) is 19.1 Å². The Balaban J connectivity index is 1.80. The molecule has 0 spiro atoms. The number of nitrogens with zero attached hydrogens (tertiary/aromatic N) is 1. The molecule has 0 aromatic heterocycles. The minimum absolute atomic E-state index is 0.00165. The molecule has 1 aromatic rings. The quantitative estimate of drug-likeness (QED) is 0.903. The van der Waals surface area contributed by atoms with E-state index in [-0.39, 0.29) is 6.10 Å². The molecule has 1 amide bonds. The van der Waals surface area contributed by atoms with Crippen LogP contribution in [-0.4, -0.2) is 35.3 Å². The average molecular weight is 256 g/mol. The molecule has 1 atom stereocenters. The molecule has 17 heavy (non-hydrogen) atoms. The Morgan fingerprint density at radius 1 is 1.47 bits per heavy atom. The maximum Gasteiger partial charge on any atom is 0.407 e. The number of carboxylic acid groups (broad SMARTS) is 1. The molecule has 1 saturated heterocycles. The lowest BCUT2D eigenvalue weighted by Crippen LogP contribution is -2.28. The Labute approximate surface area is 105 Å². The number of carbonyl (C=O) groups is 1. The second-order valence-corrected chi connectivity index (χ2v) is 4.51. The molecule has 0 radical (unpaired) electrons. The molecule has 1 fully saturated rings. The summed E-state index contributed by atoms with van der Waals surface area (Å²) in [5.74, 6) is 0. The topological polar surface area (TPSA) is 49.8 Å². The Kier molecular flexibility index (Phi) is 3.86. The predicted molar refractivity (Wildman–Crippen MR) is 64.2 cm³/mol. The summed E-state index contributed by atoms with van der Waals surface area (Å²) in [7, 11) is 0. The fourth-order valence-electron chi connectivity index (χ4n) is 1.83. The van der Waals surface area contributed by atoms with Crippen molar-refractivity contribution in [2.24, 2.45) is 0 Å². The lowest BCUT2D eigenvalue weighted by Gasteiger charge is -2.13.